The molecule has 0 saturated heterocycles. The van der Waals surface area contributed by atoms with Crippen LogP contribution in [0.4, 0.5) is 23.5 Å². The number of pyridine rings is 2. The molecule has 0 aliphatic rings. The average molecular weight is 550 g/mol. The molecule has 0 saturated carbocycles. The number of aliphatic hydroxyl groups excluding tert-OH is 2. The van der Waals surface area contributed by atoms with Crippen LogP contribution in [-0.2, 0) is 4.79 Å². The number of anilines is 4. The van der Waals surface area contributed by atoms with E-state index >= 15 is 0 Å². The monoisotopic (exact) mass is 549 g/mol. The van der Waals surface area contributed by atoms with E-state index in [4.69, 9.17) is 5.73 Å². The van der Waals surface area contributed by atoms with Crippen molar-refractivity contribution in [2.24, 2.45) is 0 Å². The number of carbonyl (C=O) groups is 1. The minimum atomic E-state index is -0.744. The zero-order valence-corrected chi connectivity index (χ0v) is 22.3. The van der Waals surface area contributed by atoms with Crippen LogP contribution in [0.3, 0.4) is 0 Å². The first kappa shape index (κ1) is 28.6. The van der Waals surface area contributed by atoms with E-state index in [2.05, 4.69) is 58.1 Å². The number of hydrogen-bond donors (Lipinski definition) is 7. The van der Waals surface area contributed by atoms with Gasteiger partial charge in [0.05, 0.1) is 30.3 Å². The lowest BCUT2D eigenvalue weighted by Gasteiger charge is -2.20. The van der Waals surface area contributed by atoms with Gasteiger partial charge in [0, 0.05) is 25.5 Å². The van der Waals surface area contributed by atoms with Crippen LogP contribution >= 0.6 is 0 Å². The summed E-state index contributed by atoms with van der Waals surface area (Å²) in [5.74, 6) is 0.920. The Hall–Kier alpha value is -4.43. The topological polar surface area (TPSA) is 209 Å². The molecule has 4 rings (SSSR count). The normalized spacial score (nSPS) is 12.7. The van der Waals surface area contributed by atoms with Crippen LogP contribution < -0.4 is 27.0 Å². The quantitative estimate of drug-likeness (QED) is 0.112. The Bertz CT molecular complexity index is 1420. The fourth-order valence-corrected chi connectivity index (χ4v) is 4.15. The first-order valence-electron chi connectivity index (χ1n) is 13.3. The van der Waals surface area contributed by atoms with Gasteiger partial charge in [0.1, 0.15) is 17.1 Å². The predicted octanol–water partition coefficient (Wildman–Crippen LogP) is 1.30. The maximum Gasteiger partial charge on any atom is 0.242 e. The third-order valence-electron chi connectivity index (χ3n) is 6.15. The maximum absolute atomic E-state index is 13.0. The summed E-state index contributed by atoms with van der Waals surface area (Å²) in [5, 5.41) is 31.4. The summed E-state index contributed by atoms with van der Waals surface area (Å²) in [7, 11) is 0. The Morgan fingerprint density at radius 2 is 1.62 bits per heavy atom. The number of nitrogens with two attached hydrogens (primary N) is 1. The summed E-state index contributed by atoms with van der Waals surface area (Å²) in [5.41, 5.74) is 8.15. The highest BCUT2D eigenvalue weighted by Crippen LogP contribution is 2.22. The van der Waals surface area contributed by atoms with E-state index in [1.54, 1.807) is 30.6 Å². The number of fused-ring (bicyclic) bond motifs is 2. The fraction of sp³-hybridized carbons (Fsp3) is 0.423. The van der Waals surface area contributed by atoms with Gasteiger partial charge in [-0.2, -0.15) is 9.97 Å². The summed E-state index contributed by atoms with van der Waals surface area (Å²) in [6, 6.07) is 6.22. The number of aromatic nitrogens is 6. The second-order valence-corrected chi connectivity index (χ2v) is 9.16. The van der Waals surface area contributed by atoms with Crippen LogP contribution in [0.15, 0.2) is 36.7 Å². The number of rotatable bonds is 15. The standard InChI is InChI=1S/C26H35N11O3/c1-2-3-6-16(15-39)32-22-21-18(8-5-11-29-21)35-26(37-22)31-12-9-19(24(40)30-13-14-38)33-23-20-17(7-4-10-28-20)34-25(27)36-23/h4-5,7-8,10-11,16,19,38-39H,2-3,6,9,12-15H2,1H3,(H,30,40)(H3,27,33,34,36)(H2,31,32,35,37). The van der Waals surface area contributed by atoms with Gasteiger partial charge in [-0.25, -0.2) is 9.97 Å². The zero-order valence-electron chi connectivity index (χ0n) is 22.3. The summed E-state index contributed by atoms with van der Waals surface area (Å²) < 4.78 is 0. The van der Waals surface area contributed by atoms with Gasteiger partial charge in [-0.05, 0) is 37.1 Å². The van der Waals surface area contributed by atoms with Crippen molar-refractivity contribution < 1.29 is 15.0 Å². The Morgan fingerprint density at radius 3 is 2.30 bits per heavy atom. The molecule has 2 unspecified atom stereocenters. The number of nitrogen functional groups attached to an aromatic ring is 1. The second-order valence-electron chi connectivity index (χ2n) is 9.16. The number of nitrogens with zero attached hydrogens (tertiary/aromatic N) is 6. The van der Waals surface area contributed by atoms with Gasteiger partial charge in [-0.1, -0.05) is 19.8 Å². The van der Waals surface area contributed by atoms with Crippen LogP contribution in [0, 0.1) is 0 Å². The van der Waals surface area contributed by atoms with Crippen molar-refractivity contribution in [3.63, 3.8) is 0 Å². The molecule has 8 N–H and O–H groups in total. The lowest BCUT2D eigenvalue weighted by Crippen LogP contribution is -2.42. The van der Waals surface area contributed by atoms with Crippen molar-refractivity contribution >= 4 is 51.5 Å². The first-order valence-corrected chi connectivity index (χ1v) is 13.3. The summed E-state index contributed by atoms with van der Waals surface area (Å²) in [4.78, 5) is 39.3. The van der Waals surface area contributed by atoms with Gasteiger partial charge in [0.25, 0.3) is 0 Å². The minimum absolute atomic E-state index is 0.0332. The Kier molecular flexibility index (Phi) is 10.1. The highest BCUT2D eigenvalue weighted by atomic mass is 16.3. The number of amides is 1. The van der Waals surface area contributed by atoms with Crippen LogP contribution in [0.5, 0.6) is 0 Å². The molecular formula is C26H35N11O3. The summed E-state index contributed by atoms with van der Waals surface area (Å²) in [6.45, 7) is 2.30. The molecule has 4 heterocycles. The molecule has 1 amide bonds. The van der Waals surface area contributed by atoms with Crippen LogP contribution in [0.25, 0.3) is 22.1 Å². The minimum Gasteiger partial charge on any atom is -0.395 e. The molecule has 0 radical (unpaired) electrons. The molecule has 212 valence electrons. The fourth-order valence-electron chi connectivity index (χ4n) is 4.15. The molecule has 40 heavy (non-hydrogen) atoms. The van der Waals surface area contributed by atoms with Crippen molar-refractivity contribution in [2.45, 2.75) is 44.7 Å². The molecule has 14 heteroatoms. The van der Waals surface area contributed by atoms with E-state index in [1.165, 1.54) is 0 Å². The van der Waals surface area contributed by atoms with Crippen molar-refractivity contribution in [1.29, 1.82) is 0 Å². The molecule has 2 atom stereocenters. The largest absolute Gasteiger partial charge is 0.395 e. The van der Waals surface area contributed by atoms with E-state index < -0.39 is 6.04 Å². The zero-order chi connectivity index (χ0) is 28.3. The van der Waals surface area contributed by atoms with Gasteiger partial charge in [-0.15, -0.1) is 0 Å². The molecule has 0 aliphatic carbocycles. The predicted molar refractivity (Wildman–Crippen MR) is 154 cm³/mol. The molecule has 0 aromatic carbocycles. The van der Waals surface area contributed by atoms with E-state index in [9.17, 15) is 15.0 Å². The lowest BCUT2D eigenvalue weighted by molar-refractivity contribution is -0.122. The highest BCUT2D eigenvalue weighted by molar-refractivity contribution is 5.90. The van der Waals surface area contributed by atoms with Gasteiger partial charge in [-0.3, -0.25) is 14.8 Å². The number of carbonyl (C=O) groups excluding carboxylic acids is 1. The third-order valence-corrected chi connectivity index (χ3v) is 6.15. The molecule has 0 fully saturated rings. The number of aliphatic hydroxyl groups is 2. The van der Waals surface area contributed by atoms with Gasteiger partial charge in [0.2, 0.25) is 17.8 Å². The Balaban J connectivity index is 1.52. The molecule has 0 bridgehead atoms. The molecule has 0 spiro atoms. The number of nitrogens with one attached hydrogen (secondary N) is 4. The van der Waals surface area contributed by atoms with E-state index in [0.29, 0.717) is 52.6 Å². The van der Waals surface area contributed by atoms with Crippen molar-refractivity contribution in [1.82, 2.24) is 35.2 Å². The average Bonchev–Trinajstić information content (AvgIpc) is 2.97. The highest BCUT2D eigenvalue weighted by Gasteiger charge is 2.21. The van der Waals surface area contributed by atoms with Crippen molar-refractivity contribution in [3.8, 4) is 0 Å². The molecule has 0 aliphatic heterocycles. The smallest absolute Gasteiger partial charge is 0.242 e. The third kappa shape index (κ3) is 7.36. The molecule has 4 aromatic heterocycles. The summed E-state index contributed by atoms with van der Waals surface area (Å²) >= 11 is 0. The Labute approximate surface area is 231 Å². The van der Waals surface area contributed by atoms with Gasteiger partial charge >= 0.3 is 0 Å². The molecule has 14 nitrogen and oxygen atoms in total. The van der Waals surface area contributed by atoms with Crippen molar-refractivity contribution in [2.75, 3.05) is 48.0 Å². The van der Waals surface area contributed by atoms with Crippen molar-refractivity contribution in [3.05, 3.63) is 36.7 Å². The van der Waals surface area contributed by atoms with Crippen LogP contribution in [0.2, 0.25) is 0 Å². The number of unbranched alkanes of at least 4 members (excludes halogenated alkanes) is 1. The number of hydrogen-bond acceptors (Lipinski definition) is 13. The van der Waals surface area contributed by atoms with Gasteiger partial charge < -0.3 is 37.2 Å². The SMILES string of the molecule is CCCCC(CO)Nc1nc(NCCC(Nc2nc(N)nc3cccnc23)C(=O)NCCO)nc2cccnc12. The van der Waals surface area contributed by atoms with Gasteiger partial charge in [0.15, 0.2) is 11.6 Å². The second kappa shape index (κ2) is 14.1. The Morgan fingerprint density at radius 1 is 0.925 bits per heavy atom. The first-order chi connectivity index (χ1) is 19.5. The van der Waals surface area contributed by atoms with E-state index in [1.807, 2.05) is 6.07 Å². The lowest BCUT2D eigenvalue weighted by atomic mass is 10.1. The van der Waals surface area contributed by atoms with Crippen LogP contribution in [-0.4, -0.2) is 84.4 Å². The molecular weight excluding hydrogens is 514 g/mol. The maximum atomic E-state index is 13.0. The van der Waals surface area contributed by atoms with E-state index in [0.717, 1.165) is 19.3 Å². The van der Waals surface area contributed by atoms with Crippen LogP contribution in [0.1, 0.15) is 32.6 Å². The molecule has 4 aromatic rings. The van der Waals surface area contributed by atoms with E-state index in [-0.39, 0.29) is 37.7 Å². The summed E-state index contributed by atoms with van der Waals surface area (Å²) in [6.07, 6.45) is 6.36.